The SMILES string of the molecule is CCNC(=NCC1(N2CCOCC2)CCCCC1)NC(C)(C)C. The van der Waals surface area contributed by atoms with Crippen molar-refractivity contribution in [2.75, 3.05) is 39.4 Å². The summed E-state index contributed by atoms with van der Waals surface area (Å²) in [5, 5.41) is 6.91. The Bertz CT molecular complexity index is 377. The highest BCUT2D eigenvalue weighted by molar-refractivity contribution is 5.80. The number of rotatable bonds is 4. The second-order valence-corrected chi connectivity index (χ2v) is 7.95. The Balaban J connectivity index is 2.10. The minimum atomic E-state index is 0.0275. The van der Waals surface area contributed by atoms with E-state index in [0.29, 0.717) is 0 Å². The molecule has 2 rings (SSSR count). The van der Waals surface area contributed by atoms with Gasteiger partial charge in [-0.05, 0) is 40.5 Å². The Morgan fingerprint density at radius 1 is 1.13 bits per heavy atom. The van der Waals surface area contributed by atoms with Crippen molar-refractivity contribution < 1.29 is 4.74 Å². The second kappa shape index (κ2) is 8.34. The second-order valence-electron chi connectivity index (χ2n) is 7.95. The monoisotopic (exact) mass is 324 g/mol. The fourth-order valence-corrected chi connectivity index (χ4v) is 3.71. The third kappa shape index (κ3) is 5.64. The van der Waals surface area contributed by atoms with Gasteiger partial charge in [0, 0.05) is 30.7 Å². The van der Waals surface area contributed by atoms with E-state index in [1.165, 1.54) is 32.1 Å². The van der Waals surface area contributed by atoms with Gasteiger partial charge in [0.15, 0.2) is 5.96 Å². The molecule has 0 bridgehead atoms. The smallest absolute Gasteiger partial charge is 0.191 e. The Morgan fingerprint density at radius 3 is 2.35 bits per heavy atom. The van der Waals surface area contributed by atoms with Crippen molar-refractivity contribution in [1.29, 1.82) is 0 Å². The van der Waals surface area contributed by atoms with E-state index in [9.17, 15) is 0 Å². The molecule has 0 aromatic heterocycles. The maximum atomic E-state index is 5.56. The molecule has 134 valence electrons. The molecule has 1 aliphatic carbocycles. The van der Waals surface area contributed by atoms with Crippen LogP contribution in [0.3, 0.4) is 0 Å². The fraction of sp³-hybridized carbons (Fsp3) is 0.944. The van der Waals surface area contributed by atoms with E-state index in [0.717, 1.165) is 45.4 Å². The molecule has 0 radical (unpaired) electrons. The summed E-state index contributed by atoms with van der Waals surface area (Å²) in [7, 11) is 0. The number of morpholine rings is 1. The lowest BCUT2D eigenvalue weighted by molar-refractivity contribution is -0.0333. The maximum absolute atomic E-state index is 5.56. The summed E-state index contributed by atoms with van der Waals surface area (Å²) in [6, 6.07) is 0. The van der Waals surface area contributed by atoms with Crippen LogP contribution in [0.15, 0.2) is 4.99 Å². The number of nitrogens with one attached hydrogen (secondary N) is 2. The molecule has 0 spiro atoms. The number of hydrogen-bond donors (Lipinski definition) is 2. The first-order valence-corrected chi connectivity index (χ1v) is 9.34. The number of hydrogen-bond acceptors (Lipinski definition) is 3. The standard InChI is InChI=1S/C18H36N4O/c1-5-19-16(21-17(2,3)4)20-15-18(9-7-6-8-10-18)22-11-13-23-14-12-22/h5-15H2,1-4H3,(H2,19,20,21). The molecular formula is C18H36N4O. The molecular weight excluding hydrogens is 288 g/mol. The molecule has 2 N–H and O–H groups in total. The first kappa shape index (κ1) is 18.5. The summed E-state index contributed by atoms with van der Waals surface area (Å²) in [4.78, 5) is 7.63. The minimum absolute atomic E-state index is 0.0275. The molecule has 0 atom stereocenters. The highest BCUT2D eigenvalue weighted by atomic mass is 16.5. The van der Waals surface area contributed by atoms with Gasteiger partial charge in [0.2, 0.25) is 0 Å². The lowest BCUT2D eigenvalue weighted by atomic mass is 9.80. The van der Waals surface area contributed by atoms with Gasteiger partial charge in [0.25, 0.3) is 0 Å². The molecule has 2 fully saturated rings. The Morgan fingerprint density at radius 2 is 1.78 bits per heavy atom. The summed E-state index contributed by atoms with van der Waals surface area (Å²) in [6.07, 6.45) is 6.57. The summed E-state index contributed by atoms with van der Waals surface area (Å²) < 4.78 is 5.56. The van der Waals surface area contributed by atoms with Gasteiger partial charge in [-0.2, -0.15) is 0 Å². The van der Waals surface area contributed by atoms with Crippen molar-refractivity contribution in [3.63, 3.8) is 0 Å². The molecule has 1 saturated carbocycles. The topological polar surface area (TPSA) is 48.9 Å². The highest BCUT2D eigenvalue weighted by Gasteiger charge is 2.38. The van der Waals surface area contributed by atoms with Crippen molar-refractivity contribution >= 4 is 5.96 Å². The Kier molecular flexibility index (Phi) is 6.72. The molecule has 0 unspecified atom stereocenters. The highest BCUT2D eigenvalue weighted by Crippen LogP contribution is 2.34. The molecule has 0 amide bonds. The van der Waals surface area contributed by atoms with E-state index in [1.54, 1.807) is 0 Å². The van der Waals surface area contributed by atoms with Gasteiger partial charge in [-0.1, -0.05) is 19.3 Å². The van der Waals surface area contributed by atoms with Crippen molar-refractivity contribution in [1.82, 2.24) is 15.5 Å². The third-order valence-corrected chi connectivity index (χ3v) is 4.84. The van der Waals surface area contributed by atoms with Crippen LogP contribution >= 0.6 is 0 Å². The molecule has 5 heteroatoms. The molecule has 5 nitrogen and oxygen atoms in total. The van der Waals surface area contributed by atoms with E-state index >= 15 is 0 Å². The van der Waals surface area contributed by atoms with E-state index in [2.05, 4.69) is 43.2 Å². The van der Waals surface area contributed by atoms with Crippen LogP contribution in [-0.2, 0) is 4.74 Å². The first-order chi connectivity index (χ1) is 11.0. The maximum Gasteiger partial charge on any atom is 0.191 e. The molecule has 23 heavy (non-hydrogen) atoms. The van der Waals surface area contributed by atoms with E-state index < -0.39 is 0 Å². The van der Waals surface area contributed by atoms with Crippen LogP contribution in [0, 0.1) is 0 Å². The van der Waals surface area contributed by atoms with Crippen molar-refractivity contribution in [2.45, 2.75) is 70.9 Å². The van der Waals surface area contributed by atoms with Gasteiger partial charge < -0.3 is 15.4 Å². The summed E-state index contributed by atoms with van der Waals surface area (Å²) in [5.41, 5.74) is 0.266. The zero-order valence-electron chi connectivity index (χ0n) is 15.6. The van der Waals surface area contributed by atoms with Crippen molar-refractivity contribution in [3.05, 3.63) is 0 Å². The predicted molar refractivity (Wildman–Crippen MR) is 97.1 cm³/mol. The van der Waals surface area contributed by atoms with E-state index in [-0.39, 0.29) is 11.1 Å². The zero-order chi connectivity index (χ0) is 16.8. The number of ether oxygens (including phenoxy) is 1. The van der Waals surface area contributed by atoms with Gasteiger partial charge in [-0.15, -0.1) is 0 Å². The molecule has 0 aromatic rings. The molecule has 1 aliphatic heterocycles. The lowest BCUT2D eigenvalue weighted by Crippen LogP contribution is -2.57. The van der Waals surface area contributed by atoms with Gasteiger partial charge >= 0.3 is 0 Å². The van der Waals surface area contributed by atoms with Crippen LogP contribution in [0.2, 0.25) is 0 Å². The third-order valence-electron chi connectivity index (χ3n) is 4.84. The molecule has 1 heterocycles. The van der Waals surface area contributed by atoms with E-state index in [4.69, 9.17) is 9.73 Å². The lowest BCUT2D eigenvalue weighted by Gasteiger charge is -2.47. The average Bonchev–Trinajstić information content (AvgIpc) is 2.53. The first-order valence-electron chi connectivity index (χ1n) is 9.34. The fourth-order valence-electron chi connectivity index (χ4n) is 3.71. The van der Waals surface area contributed by atoms with Crippen LogP contribution in [0.4, 0.5) is 0 Å². The number of nitrogens with zero attached hydrogens (tertiary/aromatic N) is 2. The van der Waals surface area contributed by atoms with Crippen LogP contribution in [0.5, 0.6) is 0 Å². The zero-order valence-corrected chi connectivity index (χ0v) is 15.6. The van der Waals surface area contributed by atoms with E-state index in [1.807, 2.05) is 0 Å². The Labute approximate surface area is 142 Å². The van der Waals surface area contributed by atoms with Crippen LogP contribution in [-0.4, -0.2) is 61.3 Å². The number of aliphatic imine (C=N–C) groups is 1. The molecule has 2 aliphatic rings. The summed E-state index contributed by atoms with van der Waals surface area (Å²) >= 11 is 0. The number of guanidine groups is 1. The summed E-state index contributed by atoms with van der Waals surface area (Å²) in [6.45, 7) is 14.3. The minimum Gasteiger partial charge on any atom is -0.379 e. The quantitative estimate of drug-likeness (QED) is 0.616. The Hall–Kier alpha value is -0.810. The average molecular weight is 325 g/mol. The van der Waals surface area contributed by atoms with Gasteiger partial charge in [0.05, 0.1) is 19.8 Å². The molecule has 0 aromatic carbocycles. The van der Waals surface area contributed by atoms with Gasteiger partial charge in [0.1, 0.15) is 0 Å². The summed E-state index contributed by atoms with van der Waals surface area (Å²) in [5.74, 6) is 0.943. The van der Waals surface area contributed by atoms with Crippen molar-refractivity contribution in [2.24, 2.45) is 4.99 Å². The predicted octanol–water partition coefficient (Wildman–Crippen LogP) is 2.38. The van der Waals surface area contributed by atoms with Gasteiger partial charge in [-0.3, -0.25) is 9.89 Å². The normalized spacial score (nSPS) is 23.6. The molecule has 1 saturated heterocycles. The van der Waals surface area contributed by atoms with Crippen LogP contribution < -0.4 is 10.6 Å². The largest absolute Gasteiger partial charge is 0.379 e. The van der Waals surface area contributed by atoms with Crippen molar-refractivity contribution in [3.8, 4) is 0 Å². The van der Waals surface area contributed by atoms with Crippen LogP contribution in [0.25, 0.3) is 0 Å². The van der Waals surface area contributed by atoms with Crippen LogP contribution in [0.1, 0.15) is 59.8 Å². The van der Waals surface area contributed by atoms with Gasteiger partial charge in [-0.25, -0.2) is 0 Å².